The smallest absolute Gasteiger partial charge is 0.253 e. The minimum absolute atomic E-state index is 0.0271. The maximum Gasteiger partial charge on any atom is 0.266 e. The Morgan fingerprint density at radius 2 is 1.85 bits per heavy atom. The number of anilines is 1. The molecule has 0 unspecified atom stereocenters. The van der Waals surface area contributed by atoms with Crippen LogP contribution in [-0.4, -0.2) is 18.6 Å². The van der Waals surface area contributed by atoms with E-state index in [0.717, 1.165) is 47.4 Å². The van der Waals surface area contributed by atoms with Gasteiger partial charge in [-0.1, -0.05) is 34.7 Å². The molecule has 136 valence electrons. The maximum absolute atomic E-state index is 14.3. The van der Waals surface area contributed by atoms with Crippen LogP contribution in [0.25, 0.3) is 0 Å². The zero-order valence-electron chi connectivity index (χ0n) is 12.4. The highest BCUT2D eigenvalue weighted by Crippen LogP contribution is 2.36. The number of halogens is 4. The van der Waals surface area contributed by atoms with E-state index in [1.807, 2.05) is 0 Å². The van der Waals surface area contributed by atoms with E-state index in [1.54, 1.807) is 0 Å². The van der Waals surface area contributed by atoms with Crippen LogP contribution in [0.1, 0.15) is 0 Å². The summed E-state index contributed by atoms with van der Waals surface area (Å²) in [5.74, 6) is -3.14. The Morgan fingerprint density at radius 3 is 2.50 bits per heavy atom. The fourth-order valence-electron chi connectivity index (χ4n) is 1.85. The Hall–Kier alpha value is -1.82. The van der Waals surface area contributed by atoms with Crippen LogP contribution in [0, 0.1) is 17.5 Å². The minimum Gasteiger partial charge on any atom is -0.253 e. The molecule has 0 fully saturated rings. The summed E-state index contributed by atoms with van der Waals surface area (Å²) in [4.78, 5) is -0.259. The molecule has 0 aliphatic carbocycles. The van der Waals surface area contributed by atoms with Crippen LogP contribution in [-0.2, 0) is 10.0 Å². The third kappa shape index (κ3) is 4.11. The first-order valence-corrected chi connectivity index (χ1v) is 10.2. The Labute approximate surface area is 159 Å². The fourth-order valence-corrected chi connectivity index (χ4v) is 4.84. The van der Waals surface area contributed by atoms with Gasteiger partial charge in [-0.3, -0.25) is 4.72 Å². The van der Waals surface area contributed by atoms with Gasteiger partial charge in [-0.15, -0.1) is 10.2 Å². The third-order valence-electron chi connectivity index (χ3n) is 2.98. The van der Waals surface area contributed by atoms with Gasteiger partial charge in [-0.05, 0) is 30.3 Å². The van der Waals surface area contributed by atoms with Crippen molar-refractivity contribution in [1.29, 1.82) is 0 Å². The lowest BCUT2D eigenvalue weighted by atomic mass is 10.3. The predicted molar refractivity (Wildman–Crippen MR) is 92.6 cm³/mol. The van der Waals surface area contributed by atoms with Crippen molar-refractivity contribution in [2.24, 2.45) is 0 Å². The van der Waals surface area contributed by atoms with E-state index in [0.29, 0.717) is 0 Å². The second kappa shape index (κ2) is 7.43. The topological polar surface area (TPSA) is 72.0 Å². The van der Waals surface area contributed by atoms with E-state index in [1.165, 1.54) is 11.6 Å². The number of hydrogen-bond donors (Lipinski definition) is 1. The van der Waals surface area contributed by atoms with Gasteiger partial charge in [0.2, 0.25) is 5.13 Å². The summed E-state index contributed by atoms with van der Waals surface area (Å²) < 4.78 is 67.2. The summed E-state index contributed by atoms with van der Waals surface area (Å²) in [5.41, 5.74) is 1.31. The molecular weight excluding hydrogens is 431 g/mol. The predicted octanol–water partition coefficient (Wildman–Crippen LogP) is 4.56. The number of benzene rings is 2. The van der Waals surface area contributed by atoms with Crippen LogP contribution in [0.2, 0.25) is 5.02 Å². The molecule has 3 rings (SSSR count). The summed E-state index contributed by atoms with van der Waals surface area (Å²) in [7, 11) is -4.26. The normalized spacial score (nSPS) is 11.5. The Bertz CT molecular complexity index is 1060. The van der Waals surface area contributed by atoms with Gasteiger partial charge < -0.3 is 0 Å². The molecule has 0 saturated heterocycles. The van der Waals surface area contributed by atoms with Crippen LogP contribution < -0.4 is 4.72 Å². The van der Waals surface area contributed by atoms with Gasteiger partial charge in [0.05, 0.1) is 5.02 Å². The van der Waals surface area contributed by atoms with E-state index in [4.69, 9.17) is 11.6 Å². The standard InChI is InChI=1S/C14H7ClF3N3O2S3/c15-8-4-13(26(22,23)21-14-20-19-6-24-14)11(18)5-12(8)25-7-1-2-9(16)10(17)3-7/h1-6H,(H,20,21). The summed E-state index contributed by atoms with van der Waals surface area (Å²) in [5, 5.41) is 6.90. The minimum atomic E-state index is -4.26. The van der Waals surface area contributed by atoms with Crippen molar-refractivity contribution in [2.75, 3.05) is 4.72 Å². The first kappa shape index (κ1) is 19.0. The average Bonchev–Trinajstić information content (AvgIpc) is 3.06. The van der Waals surface area contributed by atoms with Gasteiger partial charge in [0.1, 0.15) is 16.2 Å². The first-order valence-electron chi connectivity index (χ1n) is 6.67. The SMILES string of the molecule is O=S(=O)(Nc1nncs1)c1cc(Cl)c(Sc2ccc(F)c(F)c2)cc1F. The highest BCUT2D eigenvalue weighted by molar-refractivity contribution is 7.99. The number of aromatic nitrogens is 2. The van der Waals surface area contributed by atoms with Gasteiger partial charge in [-0.2, -0.15) is 0 Å². The van der Waals surface area contributed by atoms with Crippen molar-refractivity contribution in [3.63, 3.8) is 0 Å². The molecule has 3 aromatic rings. The molecule has 1 aromatic heterocycles. The van der Waals surface area contributed by atoms with Crippen LogP contribution in [0.4, 0.5) is 18.3 Å². The molecule has 0 radical (unpaired) electrons. The molecular formula is C14H7ClF3N3O2S3. The zero-order valence-corrected chi connectivity index (χ0v) is 15.6. The van der Waals surface area contributed by atoms with Gasteiger partial charge in [0, 0.05) is 9.79 Å². The Balaban J connectivity index is 1.91. The van der Waals surface area contributed by atoms with Crippen molar-refractivity contribution in [3.8, 4) is 0 Å². The number of nitrogens with one attached hydrogen (secondary N) is 1. The Morgan fingerprint density at radius 1 is 1.08 bits per heavy atom. The molecule has 0 atom stereocenters. The molecule has 0 amide bonds. The molecule has 1 heterocycles. The maximum atomic E-state index is 14.3. The largest absolute Gasteiger partial charge is 0.266 e. The van der Waals surface area contributed by atoms with Crippen LogP contribution >= 0.6 is 34.7 Å². The summed E-state index contributed by atoms with van der Waals surface area (Å²) in [6, 6.07) is 4.98. The van der Waals surface area contributed by atoms with E-state index in [9.17, 15) is 21.6 Å². The van der Waals surface area contributed by atoms with Gasteiger partial charge in [0.25, 0.3) is 10.0 Å². The lowest BCUT2D eigenvalue weighted by Crippen LogP contribution is -2.14. The number of hydrogen-bond acceptors (Lipinski definition) is 6. The summed E-state index contributed by atoms with van der Waals surface area (Å²) in [6.45, 7) is 0. The number of nitrogens with zero attached hydrogens (tertiary/aromatic N) is 2. The van der Waals surface area contributed by atoms with Crippen molar-refractivity contribution in [2.45, 2.75) is 14.7 Å². The van der Waals surface area contributed by atoms with Crippen molar-refractivity contribution < 1.29 is 21.6 Å². The lowest BCUT2D eigenvalue weighted by Gasteiger charge is -2.10. The molecule has 26 heavy (non-hydrogen) atoms. The van der Waals surface area contributed by atoms with Crippen LogP contribution in [0.3, 0.4) is 0 Å². The van der Waals surface area contributed by atoms with E-state index >= 15 is 0 Å². The number of sulfonamides is 1. The Kier molecular flexibility index (Phi) is 5.42. The molecule has 0 saturated carbocycles. The van der Waals surface area contributed by atoms with Crippen molar-refractivity contribution in [1.82, 2.24) is 10.2 Å². The van der Waals surface area contributed by atoms with E-state index in [-0.39, 0.29) is 19.9 Å². The van der Waals surface area contributed by atoms with Crippen molar-refractivity contribution in [3.05, 3.63) is 58.3 Å². The highest BCUT2D eigenvalue weighted by Gasteiger charge is 2.23. The number of rotatable bonds is 5. The second-order valence-electron chi connectivity index (χ2n) is 4.74. The van der Waals surface area contributed by atoms with Gasteiger partial charge in [-0.25, -0.2) is 21.6 Å². The highest BCUT2D eigenvalue weighted by atomic mass is 35.5. The molecule has 0 aliphatic rings. The zero-order chi connectivity index (χ0) is 18.9. The first-order chi connectivity index (χ1) is 12.3. The quantitative estimate of drug-likeness (QED) is 0.633. The van der Waals surface area contributed by atoms with Crippen LogP contribution in [0.15, 0.2) is 50.5 Å². The third-order valence-corrected chi connectivity index (χ3v) is 6.54. The fraction of sp³-hybridized carbons (Fsp3) is 0. The second-order valence-corrected chi connectivity index (χ2v) is 8.75. The summed E-state index contributed by atoms with van der Waals surface area (Å²) in [6.07, 6.45) is 0. The van der Waals surface area contributed by atoms with Crippen LogP contribution in [0.5, 0.6) is 0 Å². The van der Waals surface area contributed by atoms with Gasteiger partial charge >= 0.3 is 0 Å². The van der Waals surface area contributed by atoms with E-state index in [2.05, 4.69) is 14.9 Å². The summed E-state index contributed by atoms with van der Waals surface area (Å²) >= 11 is 7.82. The molecule has 1 N–H and O–H groups in total. The van der Waals surface area contributed by atoms with Gasteiger partial charge in [0.15, 0.2) is 11.6 Å². The van der Waals surface area contributed by atoms with E-state index < -0.39 is 32.4 Å². The molecule has 5 nitrogen and oxygen atoms in total. The molecule has 0 bridgehead atoms. The molecule has 0 spiro atoms. The lowest BCUT2D eigenvalue weighted by molar-refractivity contribution is 0.506. The average molecular weight is 438 g/mol. The molecule has 12 heteroatoms. The van der Waals surface area contributed by atoms with Crippen molar-refractivity contribution >= 4 is 49.9 Å². The molecule has 2 aromatic carbocycles. The molecule has 0 aliphatic heterocycles. The monoisotopic (exact) mass is 437 g/mol.